The molecule has 0 unspecified atom stereocenters. The highest BCUT2D eigenvalue weighted by molar-refractivity contribution is 9.10. The summed E-state index contributed by atoms with van der Waals surface area (Å²) >= 11 is 3.32. The van der Waals surface area contributed by atoms with Crippen molar-refractivity contribution in [2.24, 2.45) is 0 Å². The predicted molar refractivity (Wildman–Crippen MR) is 75.1 cm³/mol. The van der Waals surface area contributed by atoms with Gasteiger partial charge >= 0.3 is 0 Å². The number of hydrogen-bond donors (Lipinski definition) is 0. The molecule has 0 aliphatic heterocycles. The minimum absolute atomic E-state index is 0.186. The van der Waals surface area contributed by atoms with Crippen LogP contribution in [0.25, 0.3) is 0 Å². The summed E-state index contributed by atoms with van der Waals surface area (Å²) in [5.41, 5.74) is 0.856. The van der Waals surface area contributed by atoms with Crippen molar-refractivity contribution >= 4 is 21.7 Å². The van der Waals surface area contributed by atoms with Gasteiger partial charge in [-0.05, 0) is 52.7 Å². The molecule has 0 N–H and O–H groups in total. The molecule has 0 aliphatic rings. The van der Waals surface area contributed by atoms with Gasteiger partial charge in [-0.25, -0.2) is 8.78 Å². The Balaban J connectivity index is 2.08. The monoisotopic (exact) mass is 340 g/mol. The van der Waals surface area contributed by atoms with Crippen molar-refractivity contribution in [2.45, 2.75) is 6.92 Å². The van der Waals surface area contributed by atoms with E-state index in [1.54, 1.807) is 6.07 Å². The molecule has 20 heavy (non-hydrogen) atoms. The van der Waals surface area contributed by atoms with E-state index in [0.717, 1.165) is 17.7 Å². The second-order valence-corrected chi connectivity index (χ2v) is 5.12. The van der Waals surface area contributed by atoms with Crippen molar-refractivity contribution in [2.75, 3.05) is 6.61 Å². The topological polar surface area (TPSA) is 26.3 Å². The van der Waals surface area contributed by atoms with Gasteiger partial charge in [0.1, 0.15) is 17.4 Å². The van der Waals surface area contributed by atoms with Crippen LogP contribution < -0.4 is 4.74 Å². The molecule has 2 rings (SSSR count). The molecule has 0 atom stereocenters. The van der Waals surface area contributed by atoms with Gasteiger partial charge in [-0.2, -0.15) is 0 Å². The average Bonchev–Trinajstić information content (AvgIpc) is 2.37. The van der Waals surface area contributed by atoms with Crippen LogP contribution in [0.3, 0.4) is 0 Å². The number of aryl methyl sites for hydroxylation is 1. The molecule has 0 saturated heterocycles. The summed E-state index contributed by atoms with van der Waals surface area (Å²) in [6.45, 7) is 1.61. The Hall–Kier alpha value is -1.75. The van der Waals surface area contributed by atoms with Gasteiger partial charge in [0.2, 0.25) is 5.78 Å². The third-order valence-corrected chi connectivity index (χ3v) is 3.30. The molecular weight excluding hydrogens is 330 g/mol. The lowest BCUT2D eigenvalue weighted by atomic mass is 10.1. The number of ether oxygens (including phenoxy) is 1. The minimum Gasteiger partial charge on any atom is -0.484 e. The average molecular weight is 341 g/mol. The molecule has 0 spiro atoms. The van der Waals surface area contributed by atoms with Crippen molar-refractivity contribution in [1.29, 1.82) is 0 Å². The normalized spacial score (nSPS) is 10.4. The molecule has 0 aliphatic carbocycles. The van der Waals surface area contributed by atoms with E-state index in [1.807, 2.05) is 19.1 Å². The van der Waals surface area contributed by atoms with E-state index in [9.17, 15) is 13.6 Å². The van der Waals surface area contributed by atoms with Gasteiger partial charge in [0.25, 0.3) is 0 Å². The van der Waals surface area contributed by atoms with E-state index in [4.69, 9.17) is 4.74 Å². The molecule has 0 heterocycles. The van der Waals surface area contributed by atoms with E-state index in [-0.39, 0.29) is 12.2 Å². The molecule has 0 saturated carbocycles. The zero-order valence-corrected chi connectivity index (χ0v) is 12.2. The fraction of sp³-hybridized carbons (Fsp3) is 0.133. The third kappa shape index (κ3) is 3.42. The van der Waals surface area contributed by atoms with Gasteiger partial charge in [-0.1, -0.05) is 6.07 Å². The maximum Gasteiger partial charge on any atom is 0.203 e. The van der Waals surface area contributed by atoms with E-state index in [2.05, 4.69) is 15.9 Å². The standard InChI is InChI=1S/C15H11BrF2O2/c1-9-2-5-15(12(16)6-9)20-8-14(19)11-4-3-10(17)7-13(11)18/h2-7H,8H2,1H3. The molecule has 0 fully saturated rings. The Morgan fingerprint density at radius 2 is 1.95 bits per heavy atom. The Kier molecular flexibility index (Phi) is 4.49. The second kappa shape index (κ2) is 6.13. The first-order valence-electron chi connectivity index (χ1n) is 5.84. The van der Waals surface area contributed by atoms with Gasteiger partial charge in [-0.3, -0.25) is 4.79 Å². The maximum absolute atomic E-state index is 13.4. The zero-order chi connectivity index (χ0) is 14.7. The molecule has 0 bridgehead atoms. The van der Waals surface area contributed by atoms with Crippen molar-refractivity contribution in [3.05, 3.63) is 63.6 Å². The number of rotatable bonds is 4. The van der Waals surface area contributed by atoms with E-state index >= 15 is 0 Å². The lowest BCUT2D eigenvalue weighted by Crippen LogP contribution is -2.13. The number of halogens is 3. The summed E-state index contributed by atoms with van der Waals surface area (Å²) in [7, 11) is 0. The van der Waals surface area contributed by atoms with Gasteiger partial charge in [0, 0.05) is 6.07 Å². The van der Waals surface area contributed by atoms with Crippen molar-refractivity contribution in [3.63, 3.8) is 0 Å². The van der Waals surface area contributed by atoms with Gasteiger partial charge in [0.05, 0.1) is 10.0 Å². The first-order valence-corrected chi connectivity index (χ1v) is 6.64. The highest BCUT2D eigenvalue weighted by Crippen LogP contribution is 2.25. The fourth-order valence-corrected chi connectivity index (χ4v) is 2.27. The largest absolute Gasteiger partial charge is 0.484 e. The van der Waals surface area contributed by atoms with Gasteiger partial charge in [0.15, 0.2) is 6.61 Å². The first-order chi connectivity index (χ1) is 9.47. The van der Waals surface area contributed by atoms with Crippen LogP contribution in [0.1, 0.15) is 15.9 Å². The summed E-state index contributed by atoms with van der Waals surface area (Å²) < 4.78 is 32.2. The van der Waals surface area contributed by atoms with Crippen LogP contribution in [0.2, 0.25) is 0 Å². The third-order valence-electron chi connectivity index (χ3n) is 2.68. The summed E-state index contributed by atoms with van der Waals surface area (Å²) in [6.07, 6.45) is 0. The van der Waals surface area contributed by atoms with Gasteiger partial charge in [-0.15, -0.1) is 0 Å². The van der Waals surface area contributed by atoms with Crippen molar-refractivity contribution in [3.8, 4) is 5.75 Å². The second-order valence-electron chi connectivity index (χ2n) is 4.27. The van der Waals surface area contributed by atoms with Crippen molar-refractivity contribution < 1.29 is 18.3 Å². The van der Waals surface area contributed by atoms with Crippen LogP contribution in [0.4, 0.5) is 8.78 Å². The van der Waals surface area contributed by atoms with E-state index in [1.165, 1.54) is 0 Å². The van der Waals surface area contributed by atoms with E-state index < -0.39 is 17.4 Å². The summed E-state index contributed by atoms with van der Waals surface area (Å²) in [5.74, 6) is -1.66. The number of benzene rings is 2. The number of carbonyl (C=O) groups excluding carboxylic acids is 1. The van der Waals surface area contributed by atoms with Crippen LogP contribution >= 0.6 is 15.9 Å². The van der Waals surface area contributed by atoms with Crippen LogP contribution in [0.5, 0.6) is 5.75 Å². The molecule has 2 nitrogen and oxygen atoms in total. The molecule has 104 valence electrons. The molecule has 5 heteroatoms. The number of carbonyl (C=O) groups is 1. The minimum atomic E-state index is -0.887. The predicted octanol–water partition coefficient (Wildman–Crippen LogP) is 4.30. The molecule has 0 radical (unpaired) electrons. The van der Waals surface area contributed by atoms with Crippen LogP contribution in [-0.4, -0.2) is 12.4 Å². The van der Waals surface area contributed by atoms with Crippen molar-refractivity contribution in [1.82, 2.24) is 0 Å². The number of hydrogen-bond acceptors (Lipinski definition) is 2. The fourth-order valence-electron chi connectivity index (χ4n) is 1.66. The Bertz CT molecular complexity index is 656. The lowest BCUT2D eigenvalue weighted by Gasteiger charge is -2.08. The quantitative estimate of drug-likeness (QED) is 0.775. The Labute approximate surface area is 123 Å². The van der Waals surface area contributed by atoms with Crippen LogP contribution in [-0.2, 0) is 0 Å². The summed E-state index contributed by atoms with van der Waals surface area (Å²) in [5, 5.41) is 0. The summed E-state index contributed by atoms with van der Waals surface area (Å²) in [6, 6.07) is 8.22. The lowest BCUT2D eigenvalue weighted by molar-refractivity contribution is 0.0917. The van der Waals surface area contributed by atoms with Crippen LogP contribution in [0.15, 0.2) is 40.9 Å². The van der Waals surface area contributed by atoms with Gasteiger partial charge < -0.3 is 4.74 Å². The number of Topliss-reactive ketones (excluding diaryl/α,β-unsaturated/α-hetero) is 1. The number of ketones is 1. The molecule has 0 aromatic heterocycles. The molecule has 2 aromatic carbocycles. The first kappa shape index (κ1) is 14.7. The Morgan fingerprint density at radius 3 is 2.60 bits per heavy atom. The smallest absolute Gasteiger partial charge is 0.203 e. The SMILES string of the molecule is Cc1ccc(OCC(=O)c2ccc(F)cc2F)c(Br)c1. The maximum atomic E-state index is 13.4. The molecule has 0 amide bonds. The summed E-state index contributed by atoms with van der Waals surface area (Å²) in [4.78, 5) is 11.8. The molecule has 2 aromatic rings. The highest BCUT2D eigenvalue weighted by Gasteiger charge is 2.13. The van der Waals surface area contributed by atoms with E-state index in [0.29, 0.717) is 16.3 Å². The molecular formula is C15H11BrF2O2. The van der Waals surface area contributed by atoms with Crippen LogP contribution in [0, 0.1) is 18.6 Å². The highest BCUT2D eigenvalue weighted by atomic mass is 79.9. The zero-order valence-electron chi connectivity index (χ0n) is 10.6. The Morgan fingerprint density at radius 1 is 1.20 bits per heavy atom.